The summed E-state index contributed by atoms with van der Waals surface area (Å²) in [7, 11) is 0. The van der Waals surface area contributed by atoms with Gasteiger partial charge in [0.1, 0.15) is 0 Å². The summed E-state index contributed by atoms with van der Waals surface area (Å²) in [5.74, 6) is 0. The number of halogens is 1. The number of amides is 2. The molecule has 0 spiro atoms. The zero-order valence-electron chi connectivity index (χ0n) is 11.5. The van der Waals surface area contributed by atoms with Crippen molar-refractivity contribution < 1.29 is 21.9 Å². The standard InChI is InChI=1S/C12H9BrN2O.C5H5.Fe/c13-10-7-3-4-8-11(10)15-12(16)14-9-5-1-2-6-9;1-2-4-5-3-1;/h1-8H,(H-,14,15,16);1-5H;/q-1;;+2/p-1. The van der Waals surface area contributed by atoms with Crippen molar-refractivity contribution in [2.24, 2.45) is 0 Å². The van der Waals surface area contributed by atoms with Crippen LogP contribution >= 0.6 is 15.9 Å². The molecule has 2 saturated carbocycles. The second-order valence-corrected chi connectivity index (χ2v) is 4.92. The zero-order chi connectivity index (χ0) is 14.9. The van der Waals surface area contributed by atoms with Gasteiger partial charge in [-0.05, 0) is 69.9 Å². The van der Waals surface area contributed by atoms with Crippen LogP contribution in [0.4, 0.5) is 10.5 Å². The van der Waals surface area contributed by atoms with E-state index in [1.165, 1.54) is 0 Å². The number of hydrogen-bond donors (Lipinski definition) is 0. The van der Waals surface area contributed by atoms with Gasteiger partial charge in [0.15, 0.2) is 0 Å². The van der Waals surface area contributed by atoms with E-state index >= 15 is 0 Å². The predicted molar refractivity (Wildman–Crippen MR) is 87.9 cm³/mol. The minimum Gasteiger partial charge on any atom is -0.664 e. The van der Waals surface area contributed by atoms with E-state index in [9.17, 15) is 4.79 Å². The number of nitrogens with zero attached hydrogens (tertiary/aromatic N) is 2. The smallest absolute Gasteiger partial charge is 0.664 e. The van der Waals surface area contributed by atoms with Crippen molar-refractivity contribution in [2.45, 2.75) is 0 Å². The van der Waals surface area contributed by atoms with Gasteiger partial charge in [0, 0.05) is 4.47 Å². The Morgan fingerprint density at radius 3 is 1.91 bits per heavy atom. The van der Waals surface area contributed by atoms with Crippen molar-refractivity contribution in [3.05, 3.63) is 103 Å². The average molecular weight is 397 g/mol. The van der Waals surface area contributed by atoms with Crippen LogP contribution in [0.5, 0.6) is 0 Å². The summed E-state index contributed by atoms with van der Waals surface area (Å²) in [6, 6.07) is 7.39. The van der Waals surface area contributed by atoms with Crippen molar-refractivity contribution in [3.8, 4) is 0 Å². The number of urea groups is 1. The Hall–Kier alpha value is -0.511. The van der Waals surface area contributed by atoms with Gasteiger partial charge >= 0.3 is 17.1 Å². The maximum absolute atomic E-state index is 11.5. The minimum absolute atomic E-state index is 0. The van der Waals surface area contributed by atoms with E-state index in [-0.39, 0.29) is 17.1 Å². The SMILES string of the molecule is O=C([N-][C]1[CH][CH][CH][CH]1)[N-]c1ccccc1Br.[CH]1[CH][CH][CH][CH]1.[Fe+2]. The van der Waals surface area contributed by atoms with E-state index in [1.54, 1.807) is 18.9 Å². The largest absolute Gasteiger partial charge is 2.00 e. The molecule has 1 aromatic carbocycles. The molecule has 3 nitrogen and oxygen atoms in total. The Bertz CT molecular complexity index is 438. The normalized spacial score (nSPS) is 17.1. The van der Waals surface area contributed by atoms with E-state index < -0.39 is 6.03 Å². The number of carbonyl (C=O) groups excluding carboxylic acids is 1. The molecule has 0 aromatic heterocycles. The van der Waals surface area contributed by atoms with Crippen LogP contribution in [0.25, 0.3) is 10.6 Å². The van der Waals surface area contributed by atoms with Crippen LogP contribution in [0.15, 0.2) is 28.7 Å². The van der Waals surface area contributed by atoms with E-state index in [2.05, 4.69) is 26.6 Å². The second kappa shape index (κ2) is 11.1. The number of carbonyl (C=O) groups is 1. The molecular formula is C17H13BrFeN2O. The summed E-state index contributed by atoms with van der Waals surface area (Å²) in [4.78, 5) is 11.5. The van der Waals surface area contributed by atoms with Crippen LogP contribution in [0, 0.1) is 63.8 Å². The Morgan fingerprint density at radius 2 is 1.36 bits per heavy atom. The van der Waals surface area contributed by atoms with Crippen LogP contribution in [0.1, 0.15) is 0 Å². The van der Waals surface area contributed by atoms with E-state index in [0.717, 1.165) is 4.47 Å². The van der Waals surface area contributed by atoms with Crippen LogP contribution in [0.3, 0.4) is 0 Å². The number of para-hydroxylation sites is 1. The molecule has 2 fully saturated rings. The van der Waals surface area contributed by atoms with Crippen LogP contribution in [-0.2, 0) is 17.1 Å². The molecule has 2 aliphatic carbocycles. The third-order valence-electron chi connectivity index (χ3n) is 2.49. The molecular weight excluding hydrogens is 384 g/mol. The van der Waals surface area contributed by atoms with E-state index in [1.807, 2.05) is 63.1 Å². The van der Waals surface area contributed by atoms with Crippen molar-refractivity contribution >= 4 is 27.6 Å². The summed E-state index contributed by atoms with van der Waals surface area (Å²) in [6.45, 7) is 0. The summed E-state index contributed by atoms with van der Waals surface area (Å²) in [5, 5.41) is 7.71. The van der Waals surface area contributed by atoms with Gasteiger partial charge in [-0.25, -0.2) is 0 Å². The number of rotatable bonds is 2. The molecule has 5 heteroatoms. The molecule has 112 valence electrons. The fourth-order valence-electron chi connectivity index (χ4n) is 1.54. The average Bonchev–Trinajstić information content (AvgIpc) is 3.16. The molecule has 0 aliphatic heterocycles. The maximum Gasteiger partial charge on any atom is 2.00 e. The van der Waals surface area contributed by atoms with Crippen LogP contribution in [-0.4, -0.2) is 6.03 Å². The van der Waals surface area contributed by atoms with Crippen molar-refractivity contribution in [1.82, 2.24) is 0 Å². The Kier molecular flexibility index (Phi) is 9.85. The molecule has 2 amide bonds. The molecule has 3 rings (SSSR count). The monoisotopic (exact) mass is 396 g/mol. The Balaban J connectivity index is 0.000000344. The summed E-state index contributed by atoms with van der Waals surface area (Å²) < 4.78 is 0.779. The van der Waals surface area contributed by atoms with E-state index in [4.69, 9.17) is 0 Å². The van der Waals surface area contributed by atoms with Crippen molar-refractivity contribution in [2.75, 3.05) is 0 Å². The van der Waals surface area contributed by atoms with Gasteiger partial charge < -0.3 is 15.4 Å². The Morgan fingerprint density at radius 1 is 0.818 bits per heavy atom. The third kappa shape index (κ3) is 7.17. The molecule has 0 unspecified atom stereocenters. The first kappa shape index (κ1) is 19.5. The Labute approximate surface area is 152 Å². The summed E-state index contributed by atoms with van der Waals surface area (Å²) >= 11 is 3.32. The fraction of sp³-hybridized carbons (Fsp3) is 0. The van der Waals surface area contributed by atoms with Gasteiger partial charge in [0.25, 0.3) is 0 Å². The van der Waals surface area contributed by atoms with E-state index in [0.29, 0.717) is 11.7 Å². The van der Waals surface area contributed by atoms with Gasteiger partial charge in [-0.1, -0.05) is 34.1 Å². The molecule has 0 saturated heterocycles. The quantitative estimate of drug-likeness (QED) is 0.623. The number of hydrogen-bond acceptors (Lipinski definition) is 1. The van der Waals surface area contributed by atoms with Crippen molar-refractivity contribution in [3.63, 3.8) is 0 Å². The molecule has 0 atom stereocenters. The first-order valence-corrected chi connectivity index (χ1v) is 7.15. The summed E-state index contributed by atoms with van der Waals surface area (Å²) in [6.07, 6.45) is 17.2. The third-order valence-corrected chi connectivity index (χ3v) is 3.16. The predicted octanol–water partition coefficient (Wildman–Crippen LogP) is 5.33. The first-order valence-electron chi connectivity index (χ1n) is 6.36. The van der Waals surface area contributed by atoms with Crippen molar-refractivity contribution in [1.29, 1.82) is 0 Å². The molecule has 22 heavy (non-hydrogen) atoms. The molecule has 10 radical (unpaired) electrons. The molecule has 0 N–H and O–H groups in total. The number of benzene rings is 1. The minimum atomic E-state index is -0.502. The van der Waals surface area contributed by atoms with Crippen LogP contribution < -0.4 is 0 Å². The molecule has 0 heterocycles. The van der Waals surface area contributed by atoms with Gasteiger partial charge in [-0.2, -0.15) is 0 Å². The fourth-order valence-corrected chi connectivity index (χ4v) is 1.91. The first-order chi connectivity index (χ1) is 10.3. The second-order valence-electron chi connectivity index (χ2n) is 4.06. The van der Waals surface area contributed by atoms with Gasteiger partial charge in [0.2, 0.25) is 0 Å². The topological polar surface area (TPSA) is 45.3 Å². The maximum atomic E-state index is 11.5. The van der Waals surface area contributed by atoms with Gasteiger partial charge in [-0.3, -0.25) is 0 Å². The summed E-state index contributed by atoms with van der Waals surface area (Å²) in [5.41, 5.74) is 0.586. The molecule has 1 aromatic rings. The van der Waals surface area contributed by atoms with Crippen LogP contribution in [0.2, 0.25) is 0 Å². The van der Waals surface area contributed by atoms with Gasteiger partial charge in [0.05, 0.1) is 0 Å². The zero-order valence-corrected chi connectivity index (χ0v) is 14.2. The molecule has 0 bridgehead atoms. The van der Waals surface area contributed by atoms with Gasteiger partial charge in [-0.15, -0.1) is 11.7 Å². The molecule has 2 aliphatic rings.